The average molecular weight is 1130 g/mol. The van der Waals surface area contributed by atoms with Gasteiger partial charge in [0.15, 0.2) is 0 Å². The van der Waals surface area contributed by atoms with Gasteiger partial charge in [0.2, 0.25) is 0 Å². The second-order valence-electron chi connectivity index (χ2n) is 24.8. The smallest absolute Gasteiger partial charge is 0.267 e. The molecule has 0 spiro atoms. The van der Waals surface area contributed by atoms with Gasteiger partial charge < -0.3 is 13.9 Å². The number of rotatable bonds is 9. The van der Waals surface area contributed by atoms with Crippen LogP contribution in [0.5, 0.6) is 11.5 Å². The fourth-order valence-corrected chi connectivity index (χ4v) is 9.65. The molecule has 0 saturated carbocycles. The normalized spacial score (nSPS) is 12.9. The summed E-state index contributed by atoms with van der Waals surface area (Å²) in [5.74, 6) is 2.06. The number of imidazole rings is 1. The molecular weight excluding hydrogens is 1060 g/mol. The van der Waals surface area contributed by atoms with Crippen LogP contribution in [0, 0.1) is 18.5 Å². The van der Waals surface area contributed by atoms with Crippen LogP contribution in [0.25, 0.3) is 39.0 Å². The summed E-state index contributed by atoms with van der Waals surface area (Å²) in [5, 5.41) is 2.26. The van der Waals surface area contributed by atoms with Gasteiger partial charge in [-0.25, -0.2) is 4.98 Å². The first-order valence-electron chi connectivity index (χ1n) is 25.3. The molecule has 0 atom stereocenters. The molecule has 9 aromatic rings. The molecule has 0 aliphatic rings. The van der Waals surface area contributed by atoms with Crippen LogP contribution in [0.4, 0.5) is 0 Å². The standard InChI is InChI=1S/C66H72N4O.Pt/c1-61(2,3)46-27-30-57-56(38-46)55-29-28-53(41-58(55)70(57)60-39-47(31-32-67-60)62(4,5)6)71-54-37-49(64(10,11)12)34-51(40-54)68-42-59(66(15,16)45-25-21-18-22-26-45)69(43-68)52-35-48(63(7,8)9)33-50(36-52)65(13,14)44-23-19-17-20-24-44;/h17-39,42H,1-16H3;/q-2;. The summed E-state index contributed by atoms with van der Waals surface area (Å²) >= 11 is 0. The Morgan fingerprint density at radius 3 is 1.65 bits per heavy atom. The Labute approximate surface area is 444 Å². The maximum atomic E-state index is 6.96. The van der Waals surface area contributed by atoms with Crippen molar-refractivity contribution in [3.8, 4) is 28.7 Å². The van der Waals surface area contributed by atoms with Crippen molar-refractivity contribution in [1.29, 1.82) is 0 Å². The molecule has 6 aromatic carbocycles. The number of fused-ring (bicyclic) bond motifs is 3. The summed E-state index contributed by atoms with van der Waals surface area (Å²) < 4.78 is 13.6. The van der Waals surface area contributed by atoms with Crippen molar-refractivity contribution in [1.82, 2.24) is 14.1 Å². The third kappa shape index (κ3) is 10.2. The molecule has 0 unspecified atom stereocenters. The van der Waals surface area contributed by atoms with E-state index in [1.54, 1.807) is 0 Å². The van der Waals surface area contributed by atoms with Crippen molar-refractivity contribution in [3.63, 3.8) is 0 Å². The Morgan fingerprint density at radius 1 is 0.472 bits per heavy atom. The third-order valence-electron chi connectivity index (χ3n) is 14.6. The number of pyridine rings is 1. The summed E-state index contributed by atoms with van der Waals surface area (Å²) in [6, 6.07) is 55.9. The van der Waals surface area contributed by atoms with E-state index < -0.39 is 5.41 Å². The molecule has 0 N–H and O–H groups in total. The number of benzene rings is 6. The molecule has 374 valence electrons. The fraction of sp³-hybridized carbons (Fsp3) is 0.333. The van der Waals surface area contributed by atoms with Crippen molar-refractivity contribution in [3.05, 3.63) is 209 Å². The van der Waals surface area contributed by atoms with Crippen LogP contribution in [-0.4, -0.2) is 14.1 Å². The van der Waals surface area contributed by atoms with E-state index in [1.807, 2.05) is 12.3 Å². The van der Waals surface area contributed by atoms with Crippen molar-refractivity contribution in [2.75, 3.05) is 0 Å². The van der Waals surface area contributed by atoms with E-state index in [4.69, 9.17) is 9.72 Å². The van der Waals surface area contributed by atoms with Crippen molar-refractivity contribution < 1.29 is 30.4 Å². The third-order valence-corrected chi connectivity index (χ3v) is 14.6. The Morgan fingerprint density at radius 2 is 1.04 bits per heavy atom. The van der Waals surface area contributed by atoms with Crippen molar-refractivity contribution in [2.24, 2.45) is 0 Å². The predicted molar refractivity (Wildman–Crippen MR) is 294 cm³/mol. The Balaban J connectivity index is 0.00000693. The van der Waals surface area contributed by atoms with Crippen LogP contribution in [0.2, 0.25) is 0 Å². The number of hydrogen-bond donors (Lipinski definition) is 0. The molecule has 0 bridgehead atoms. The topological polar surface area (TPSA) is 35.9 Å². The maximum absolute atomic E-state index is 6.96. The molecule has 0 saturated heterocycles. The molecule has 0 fully saturated rings. The van der Waals surface area contributed by atoms with Crippen LogP contribution < -0.4 is 9.30 Å². The molecule has 6 heteroatoms. The first kappa shape index (κ1) is 52.3. The second kappa shape index (κ2) is 18.8. The van der Waals surface area contributed by atoms with Gasteiger partial charge in [0, 0.05) is 61.3 Å². The molecule has 9 rings (SSSR count). The number of nitrogens with zero attached hydrogens (tertiary/aromatic N) is 4. The maximum Gasteiger partial charge on any atom is 0.267 e. The number of aromatic nitrogens is 4. The van der Waals surface area contributed by atoms with Gasteiger partial charge in [-0.05, 0) is 96.4 Å². The fourth-order valence-electron chi connectivity index (χ4n) is 9.65. The first-order valence-corrected chi connectivity index (χ1v) is 25.3. The van der Waals surface area contributed by atoms with Crippen LogP contribution >= 0.6 is 0 Å². The number of hydrogen-bond acceptors (Lipinski definition) is 2. The quantitative estimate of drug-likeness (QED) is 0.107. The van der Waals surface area contributed by atoms with E-state index in [9.17, 15) is 0 Å². The van der Waals surface area contributed by atoms with E-state index >= 15 is 0 Å². The Bertz CT molecular complexity index is 3420. The Hall–Kier alpha value is -6.03. The van der Waals surface area contributed by atoms with Gasteiger partial charge >= 0.3 is 0 Å². The zero-order chi connectivity index (χ0) is 51.1. The average Bonchev–Trinajstić information content (AvgIpc) is 3.92. The molecule has 0 radical (unpaired) electrons. The van der Waals surface area contributed by atoms with Gasteiger partial charge in [-0.1, -0.05) is 195 Å². The van der Waals surface area contributed by atoms with Crippen LogP contribution in [0.3, 0.4) is 0 Å². The zero-order valence-electron chi connectivity index (χ0n) is 45.4. The first-order chi connectivity index (χ1) is 33.2. The van der Waals surface area contributed by atoms with Crippen LogP contribution in [0.15, 0.2) is 146 Å². The molecule has 0 aliphatic carbocycles. The minimum atomic E-state index is -0.408. The minimum absolute atomic E-state index is 0. The van der Waals surface area contributed by atoms with Gasteiger partial charge in [-0.2, -0.15) is 17.7 Å². The molecule has 0 amide bonds. The summed E-state index contributed by atoms with van der Waals surface area (Å²) in [4.78, 5) is 4.97. The van der Waals surface area contributed by atoms with Crippen molar-refractivity contribution >= 4 is 21.8 Å². The monoisotopic (exact) mass is 1130 g/mol. The molecular formula is C66H72N4OPt-2. The second-order valence-corrected chi connectivity index (χ2v) is 24.8. The van der Waals surface area contributed by atoms with E-state index in [2.05, 4.69) is 277 Å². The molecule has 3 heterocycles. The van der Waals surface area contributed by atoms with Crippen LogP contribution in [0.1, 0.15) is 155 Å². The SMILES string of the molecule is CC(C)(C)c1cc(Oc2[c-]c3c(cc2)c2cc(C(C)(C)C)ccc2n3-c2cc(C(C)(C)C)ccn2)[c-]c(-n2[c-][n+](-c3cc(C(C)(C)C)cc(C(C)(C)c4ccccc4)c3)c(C(C)(C)c3ccccc3)c2)c1.[Pt]. The van der Waals surface area contributed by atoms with Gasteiger partial charge in [-0.15, -0.1) is 29.7 Å². The van der Waals surface area contributed by atoms with Gasteiger partial charge in [-0.3, -0.25) is 4.57 Å². The van der Waals surface area contributed by atoms with Gasteiger partial charge in [0.05, 0.1) is 11.4 Å². The predicted octanol–water partition coefficient (Wildman–Crippen LogP) is 16.3. The summed E-state index contributed by atoms with van der Waals surface area (Å²) in [7, 11) is 0. The largest absolute Gasteiger partial charge is 0.510 e. The molecule has 5 nitrogen and oxygen atoms in total. The molecule has 3 aromatic heterocycles. The van der Waals surface area contributed by atoms with Crippen molar-refractivity contribution in [2.45, 2.75) is 143 Å². The van der Waals surface area contributed by atoms with Gasteiger partial charge in [0.1, 0.15) is 5.82 Å². The minimum Gasteiger partial charge on any atom is -0.510 e. The molecule has 0 aliphatic heterocycles. The summed E-state index contributed by atoms with van der Waals surface area (Å²) in [5.41, 5.74) is 12.6. The summed E-state index contributed by atoms with van der Waals surface area (Å²) in [6.07, 6.45) is 8.04. The van der Waals surface area contributed by atoms with E-state index in [0.29, 0.717) is 11.5 Å². The summed E-state index contributed by atoms with van der Waals surface area (Å²) in [6.45, 7) is 36.4. The van der Waals surface area contributed by atoms with Crippen LogP contribution in [-0.2, 0) is 53.6 Å². The van der Waals surface area contributed by atoms with E-state index in [-0.39, 0.29) is 48.1 Å². The zero-order valence-corrected chi connectivity index (χ0v) is 47.6. The molecule has 72 heavy (non-hydrogen) atoms. The van der Waals surface area contributed by atoms with E-state index in [0.717, 1.165) is 50.3 Å². The van der Waals surface area contributed by atoms with E-state index in [1.165, 1.54) is 33.4 Å². The van der Waals surface area contributed by atoms with Gasteiger partial charge in [0.25, 0.3) is 6.33 Å². The number of ether oxygens (including phenoxy) is 1. The Kier molecular flexibility index (Phi) is 13.6.